The number of sulfone groups is 1. The molecule has 148 valence electrons. The van der Waals surface area contributed by atoms with E-state index in [9.17, 15) is 18.3 Å². The molecule has 1 aliphatic heterocycles. The summed E-state index contributed by atoms with van der Waals surface area (Å²) in [6.45, 7) is 2.25. The maximum Gasteiger partial charge on any atom is 0.217 e. The van der Waals surface area contributed by atoms with E-state index in [0.29, 0.717) is 24.3 Å². The van der Waals surface area contributed by atoms with Crippen LogP contribution in [0.1, 0.15) is 29.3 Å². The first-order chi connectivity index (χ1) is 13.4. The highest BCUT2D eigenvalue weighted by Crippen LogP contribution is 2.37. The topological polar surface area (TPSA) is 99.1 Å². The monoisotopic (exact) mass is 404 g/mol. The van der Waals surface area contributed by atoms with Crippen LogP contribution in [-0.2, 0) is 9.84 Å². The molecule has 1 heterocycles. The Kier molecular flexibility index (Phi) is 5.60. The van der Waals surface area contributed by atoms with Gasteiger partial charge in [-0.2, -0.15) is 0 Å². The fraction of sp³-hybridized carbons (Fsp3) is 0.250. The number of benzene rings is 2. The van der Waals surface area contributed by atoms with E-state index in [-0.39, 0.29) is 33.5 Å². The summed E-state index contributed by atoms with van der Waals surface area (Å²) in [7, 11) is -2.09. The van der Waals surface area contributed by atoms with Gasteiger partial charge in [0, 0.05) is 6.07 Å². The van der Waals surface area contributed by atoms with Crippen molar-refractivity contribution in [2.75, 3.05) is 19.7 Å². The molecule has 28 heavy (non-hydrogen) atoms. The molecule has 0 radical (unpaired) electrons. The summed E-state index contributed by atoms with van der Waals surface area (Å²) < 4.78 is 39.9. The van der Waals surface area contributed by atoms with Crippen LogP contribution in [0.2, 0.25) is 0 Å². The van der Waals surface area contributed by atoms with Crippen molar-refractivity contribution in [2.45, 2.75) is 18.2 Å². The Bertz CT molecular complexity index is 1040. The molecule has 0 unspecified atom stereocenters. The largest absolute Gasteiger partial charge is 0.504 e. The van der Waals surface area contributed by atoms with Crippen molar-refractivity contribution in [1.29, 1.82) is 0 Å². The molecule has 1 aliphatic rings. The normalized spacial score (nSPS) is 14.5. The van der Waals surface area contributed by atoms with Crippen molar-refractivity contribution in [3.05, 3.63) is 47.5 Å². The summed E-state index contributed by atoms with van der Waals surface area (Å²) in [4.78, 5) is 12.7. The lowest BCUT2D eigenvalue weighted by atomic mass is 10.1. The molecular formula is C20H20O7S. The second kappa shape index (κ2) is 7.93. The third-order valence-electron chi connectivity index (χ3n) is 4.11. The van der Waals surface area contributed by atoms with Crippen molar-refractivity contribution in [1.82, 2.24) is 0 Å². The van der Waals surface area contributed by atoms with Gasteiger partial charge in [0.05, 0.1) is 19.3 Å². The van der Waals surface area contributed by atoms with Crippen molar-refractivity contribution < 1.29 is 32.5 Å². The average Bonchev–Trinajstić information content (AvgIpc) is 2.98. The van der Waals surface area contributed by atoms with Gasteiger partial charge in [0.15, 0.2) is 23.2 Å². The third-order valence-corrected chi connectivity index (χ3v) is 5.53. The smallest absolute Gasteiger partial charge is 0.217 e. The Morgan fingerprint density at radius 3 is 2.71 bits per heavy atom. The van der Waals surface area contributed by atoms with E-state index in [2.05, 4.69) is 0 Å². The SMILES string of the molecule is CCCOc1cc2c(cc1C(=O)C=Cc1ccc(OC)c(O)c1)OCS2(=O)=O. The molecule has 0 spiro atoms. The molecule has 0 saturated carbocycles. The first-order valence-corrected chi connectivity index (χ1v) is 10.3. The zero-order valence-electron chi connectivity index (χ0n) is 15.5. The van der Waals surface area contributed by atoms with E-state index >= 15 is 0 Å². The summed E-state index contributed by atoms with van der Waals surface area (Å²) in [5.74, 6) is -0.202. The number of hydrogen-bond donors (Lipinski definition) is 1. The number of phenols is 1. The zero-order valence-corrected chi connectivity index (χ0v) is 16.3. The van der Waals surface area contributed by atoms with Crippen molar-refractivity contribution in [3.8, 4) is 23.0 Å². The average molecular weight is 404 g/mol. The molecule has 2 aromatic rings. The first-order valence-electron chi connectivity index (χ1n) is 8.61. The van der Waals surface area contributed by atoms with Gasteiger partial charge in [0.25, 0.3) is 0 Å². The molecule has 7 nitrogen and oxygen atoms in total. The number of carbonyl (C=O) groups excluding carboxylic acids is 1. The fourth-order valence-electron chi connectivity index (χ4n) is 2.70. The number of allylic oxidation sites excluding steroid dienone is 1. The Morgan fingerprint density at radius 1 is 1.25 bits per heavy atom. The van der Waals surface area contributed by atoms with Crippen LogP contribution in [0.5, 0.6) is 23.0 Å². The molecule has 0 amide bonds. The summed E-state index contributed by atoms with van der Waals surface area (Å²) in [5.41, 5.74) is 0.806. The number of fused-ring (bicyclic) bond motifs is 1. The molecule has 2 aromatic carbocycles. The Morgan fingerprint density at radius 2 is 2.04 bits per heavy atom. The Labute approximate surface area is 163 Å². The van der Waals surface area contributed by atoms with Crippen molar-refractivity contribution in [2.24, 2.45) is 0 Å². The summed E-state index contributed by atoms with van der Waals surface area (Å²) in [6.07, 6.45) is 3.57. The number of aromatic hydroxyl groups is 1. The van der Waals surface area contributed by atoms with E-state index in [1.807, 2.05) is 6.92 Å². The summed E-state index contributed by atoms with van der Waals surface area (Å²) in [6, 6.07) is 7.48. The summed E-state index contributed by atoms with van der Waals surface area (Å²) in [5, 5.41) is 9.83. The highest BCUT2D eigenvalue weighted by molar-refractivity contribution is 7.91. The van der Waals surface area contributed by atoms with Gasteiger partial charge in [-0.15, -0.1) is 0 Å². The number of phenolic OH excluding ortho intramolecular Hbond substituents is 1. The van der Waals surface area contributed by atoms with Gasteiger partial charge in [-0.25, -0.2) is 8.42 Å². The Balaban J connectivity index is 1.93. The Hall–Kier alpha value is -3.00. The van der Waals surface area contributed by atoms with E-state index in [4.69, 9.17) is 14.2 Å². The molecule has 0 aromatic heterocycles. The number of ether oxygens (including phenoxy) is 3. The van der Waals surface area contributed by atoms with Gasteiger partial charge in [-0.05, 0) is 36.3 Å². The lowest BCUT2D eigenvalue weighted by Crippen LogP contribution is -2.05. The van der Waals surface area contributed by atoms with Crippen LogP contribution in [0, 0.1) is 0 Å². The molecule has 0 bridgehead atoms. The predicted octanol–water partition coefficient (Wildman–Crippen LogP) is 3.21. The lowest BCUT2D eigenvalue weighted by Gasteiger charge is -2.10. The van der Waals surface area contributed by atoms with E-state index in [0.717, 1.165) is 0 Å². The number of ketones is 1. The highest BCUT2D eigenvalue weighted by Gasteiger charge is 2.31. The number of hydrogen-bond acceptors (Lipinski definition) is 7. The van der Waals surface area contributed by atoms with Gasteiger partial charge in [-0.3, -0.25) is 4.79 Å². The number of carbonyl (C=O) groups is 1. The van der Waals surface area contributed by atoms with Crippen LogP contribution in [-0.4, -0.2) is 39.0 Å². The highest BCUT2D eigenvalue weighted by atomic mass is 32.2. The quantitative estimate of drug-likeness (QED) is 0.559. The molecule has 0 saturated heterocycles. The van der Waals surface area contributed by atoms with Gasteiger partial charge in [0.1, 0.15) is 16.4 Å². The first kappa shape index (κ1) is 19.8. The minimum Gasteiger partial charge on any atom is -0.504 e. The van der Waals surface area contributed by atoms with E-state index in [1.165, 1.54) is 37.5 Å². The lowest BCUT2D eigenvalue weighted by molar-refractivity contribution is 0.104. The van der Waals surface area contributed by atoms with Crippen LogP contribution in [0.4, 0.5) is 0 Å². The second-order valence-corrected chi connectivity index (χ2v) is 8.05. The summed E-state index contributed by atoms with van der Waals surface area (Å²) >= 11 is 0. The van der Waals surface area contributed by atoms with Crippen LogP contribution in [0.15, 0.2) is 41.3 Å². The number of rotatable bonds is 7. The van der Waals surface area contributed by atoms with Crippen LogP contribution >= 0.6 is 0 Å². The van der Waals surface area contributed by atoms with E-state index in [1.54, 1.807) is 12.1 Å². The molecule has 1 N–H and O–H groups in total. The third kappa shape index (κ3) is 3.96. The van der Waals surface area contributed by atoms with Crippen molar-refractivity contribution in [3.63, 3.8) is 0 Å². The maximum atomic E-state index is 12.7. The van der Waals surface area contributed by atoms with Crippen LogP contribution < -0.4 is 14.2 Å². The molecule has 0 fully saturated rings. The zero-order chi connectivity index (χ0) is 20.3. The van der Waals surface area contributed by atoms with Gasteiger partial charge in [0.2, 0.25) is 9.84 Å². The van der Waals surface area contributed by atoms with Gasteiger partial charge >= 0.3 is 0 Å². The predicted molar refractivity (Wildman–Crippen MR) is 103 cm³/mol. The number of methoxy groups -OCH3 is 1. The van der Waals surface area contributed by atoms with Crippen LogP contribution in [0.25, 0.3) is 6.08 Å². The minimum absolute atomic E-state index is 0.0270. The van der Waals surface area contributed by atoms with Crippen molar-refractivity contribution >= 4 is 21.7 Å². The second-order valence-electron chi connectivity index (χ2n) is 6.15. The molecule has 0 aliphatic carbocycles. The van der Waals surface area contributed by atoms with Gasteiger partial charge < -0.3 is 19.3 Å². The minimum atomic E-state index is -3.53. The van der Waals surface area contributed by atoms with E-state index < -0.39 is 15.8 Å². The molecule has 8 heteroatoms. The van der Waals surface area contributed by atoms with Crippen LogP contribution in [0.3, 0.4) is 0 Å². The maximum absolute atomic E-state index is 12.7. The van der Waals surface area contributed by atoms with Gasteiger partial charge in [-0.1, -0.05) is 19.1 Å². The standard InChI is InChI=1S/C20H20O7S/c1-3-8-26-18-11-20-19(27-12-28(20,23)24)10-14(18)15(21)6-4-13-5-7-17(25-2)16(22)9-13/h4-7,9-11,22H,3,8,12H2,1-2H3. The fourth-order valence-corrected chi connectivity index (χ4v) is 3.82. The molecule has 3 rings (SSSR count). The molecular weight excluding hydrogens is 384 g/mol. The molecule has 0 atom stereocenters.